The largest absolute Gasteiger partial charge is 0.347 e. The summed E-state index contributed by atoms with van der Waals surface area (Å²) in [5.41, 5.74) is 3.39. The number of anilines is 1. The van der Waals surface area contributed by atoms with Gasteiger partial charge in [0.15, 0.2) is 0 Å². The van der Waals surface area contributed by atoms with E-state index in [0.29, 0.717) is 18.2 Å². The van der Waals surface area contributed by atoms with Crippen molar-refractivity contribution < 1.29 is 4.79 Å². The second-order valence-corrected chi connectivity index (χ2v) is 6.39. The molecule has 0 radical (unpaired) electrons. The maximum absolute atomic E-state index is 12.5. The lowest BCUT2D eigenvalue weighted by Gasteiger charge is -2.18. The number of benzene rings is 1. The molecular weight excluding hydrogens is 338 g/mol. The molecule has 0 atom stereocenters. The minimum atomic E-state index is -0.201. The fraction of sp³-hybridized carbons (Fsp3) is 0.238. The summed E-state index contributed by atoms with van der Waals surface area (Å²) in [6.45, 7) is 3.09. The molecule has 27 heavy (non-hydrogen) atoms. The Hall–Kier alpha value is -3.28. The van der Waals surface area contributed by atoms with E-state index in [1.54, 1.807) is 18.5 Å². The first kappa shape index (κ1) is 18.5. The first-order valence-electron chi connectivity index (χ1n) is 8.89. The molecule has 1 aromatic carbocycles. The Balaban J connectivity index is 1.65. The van der Waals surface area contributed by atoms with Crippen molar-refractivity contribution >= 4 is 11.9 Å². The van der Waals surface area contributed by atoms with E-state index in [4.69, 9.17) is 0 Å². The molecule has 6 heteroatoms. The SMILES string of the molecule is Cc1cc(C(=O)NCc2ccccc2)nc(N(C)CCc2ccncc2)n1. The van der Waals surface area contributed by atoms with Gasteiger partial charge in [-0.1, -0.05) is 30.3 Å². The Bertz CT molecular complexity index is 884. The van der Waals surface area contributed by atoms with Gasteiger partial charge >= 0.3 is 0 Å². The standard InChI is InChI=1S/C21H23N5O/c1-16-14-19(20(27)23-15-18-6-4-3-5-7-18)25-21(24-16)26(2)13-10-17-8-11-22-12-9-17/h3-9,11-12,14H,10,13,15H2,1-2H3,(H,23,27). The van der Waals surface area contributed by atoms with Crippen molar-refractivity contribution in [2.45, 2.75) is 19.9 Å². The quantitative estimate of drug-likeness (QED) is 0.701. The lowest BCUT2D eigenvalue weighted by Crippen LogP contribution is -2.27. The Labute approximate surface area is 159 Å². The molecule has 3 aromatic rings. The van der Waals surface area contributed by atoms with Gasteiger partial charge in [-0.25, -0.2) is 9.97 Å². The molecule has 2 aromatic heterocycles. The fourth-order valence-electron chi connectivity index (χ4n) is 2.65. The predicted octanol–water partition coefficient (Wildman–Crippen LogP) is 2.79. The van der Waals surface area contributed by atoms with Crippen molar-refractivity contribution in [3.8, 4) is 0 Å². The highest BCUT2D eigenvalue weighted by molar-refractivity contribution is 5.92. The normalized spacial score (nSPS) is 10.4. The van der Waals surface area contributed by atoms with E-state index in [9.17, 15) is 4.79 Å². The number of rotatable bonds is 7. The monoisotopic (exact) mass is 361 g/mol. The van der Waals surface area contributed by atoms with Crippen molar-refractivity contribution in [2.24, 2.45) is 0 Å². The number of aromatic nitrogens is 3. The van der Waals surface area contributed by atoms with Gasteiger partial charge in [0.05, 0.1) is 0 Å². The fourth-order valence-corrected chi connectivity index (χ4v) is 2.65. The molecule has 1 N–H and O–H groups in total. The number of carbonyl (C=O) groups excluding carboxylic acids is 1. The van der Waals surface area contributed by atoms with Crippen LogP contribution >= 0.6 is 0 Å². The number of aryl methyl sites for hydroxylation is 1. The maximum Gasteiger partial charge on any atom is 0.270 e. The topological polar surface area (TPSA) is 71.0 Å². The van der Waals surface area contributed by atoms with E-state index >= 15 is 0 Å². The van der Waals surface area contributed by atoms with Gasteiger partial charge in [-0.15, -0.1) is 0 Å². The molecule has 0 spiro atoms. The third-order valence-corrected chi connectivity index (χ3v) is 4.20. The van der Waals surface area contributed by atoms with Crippen molar-refractivity contribution in [3.05, 3.63) is 83.4 Å². The number of hydrogen-bond donors (Lipinski definition) is 1. The second kappa shape index (κ2) is 8.89. The lowest BCUT2D eigenvalue weighted by atomic mass is 10.2. The number of nitrogens with zero attached hydrogens (tertiary/aromatic N) is 4. The summed E-state index contributed by atoms with van der Waals surface area (Å²) < 4.78 is 0. The van der Waals surface area contributed by atoms with Gasteiger partial charge in [0.2, 0.25) is 5.95 Å². The number of hydrogen-bond acceptors (Lipinski definition) is 5. The summed E-state index contributed by atoms with van der Waals surface area (Å²) in [6, 6.07) is 15.5. The van der Waals surface area contributed by atoms with Crippen molar-refractivity contribution in [3.63, 3.8) is 0 Å². The minimum Gasteiger partial charge on any atom is -0.347 e. The third kappa shape index (κ3) is 5.34. The number of nitrogens with one attached hydrogen (secondary N) is 1. The van der Waals surface area contributed by atoms with Crippen LogP contribution in [0.1, 0.15) is 27.3 Å². The summed E-state index contributed by atoms with van der Waals surface area (Å²) in [4.78, 5) is 27.4. The Morgan fingerprint density at radius 3 is 2.52 bits per heavy atom. The molecule has 0 unspecified atom stereocenters. The zero-order valence-electron chi connectivity index (χ0n) is 15.6. The third-order valence-electron chi connectivity index (χ3n) is 4.20. The molecule has 2 heterocycles. The highest BCUT2D eigenvalue weighted by atomic mass is 16.1. The molecule has 0 saturated heterocycles. The Morgan fingerprint density at radius 1 is 1.04 bits per heavy atom. The second-order valence-electron chi connectivity index (χ2n) is 6.39. The first-order chi connectivity index (χ1) is 13.1. The molecule has 6 nitrogen and oxygen atoms in total. The van der Waals surface area contributed by atoms with Gasteiger partial charge in [0, 0.05) is 38.2 Å². The average molecular weight is 361 g/mol. The molecule has 138 valence electrons. The smallest absolute Gasteiger partial charge is 0.270 e. The lowest BCUT2D eigenvalue weighted by molar-refractivity contribution is 0.0945. The summed E-state index contributed by atoms with van der Waals surface area (Å²) in [6.07, 6.45) is 4.42. The molecule has 0 saturated carbocycles. The van der Waals surface area contributed by atoms with Gasteiger partial charge in [0.25, 0.3) is 5.91 Å². The minimum absolute atomic E-state index is 0.201. The van der Waals surface area contributed by atoms with Crippen LogP contribution in [0.5, 0.6) is 0 Å². The Morgan fingerprint density at radius 2 is 1.78 bits per heavy atom. The van der Waals surface area contributed by atoms with Crippen LogP contribution in [-0.4, -0.2) is 34.5 Å². The van der Waals surface area contributed by atoms with Crippen LogP contribution in [0.25, 0.3) is 0 Å². The summed E-state index contributed by atoms with van der Waals surface area (Å²) >= 11 is 0. The molecule has 0 bridgehead atoms. The van der Waals surface area contributed by atoms with Crippen LogP contribution in [-0.2, 0) is 13.0 Å². The first-order valence-corrected chi connectivity index (χ1v) is 8.89. The van der Waals surface area contributed by atoms with Gasteiger partial charge in [-0.05, 0) is 42.7 Å². The van der Waals surface area contributed by atoms with Crippen molar-refractivity contribution in [2.75, 3.05) is 18.5 Å². The molecule has 0 fully saturated rings. The van der Waals surface area contributed by atoms with Crippen LogP contribution < -0.4 is 10.2 Å². The van der Waals surface area contributed by atoms with Crippen molar-refractivity contribution in [1.29, 1.82) is 0 Å². The number of carbonyl (C=O) groups is 1. The molecule has 0 aliphatic carbocycles. The number of pyridine rings is 1. The Kier molecular flexibility index (Phi) is 6.10. The number of amides is 1. The summed E-state index contributed by atoms with van der Waals surface area (Å²) in [5, 5.41) is 2.91. The highest BCUT2D eigenvalue weighted by Crippen LogP contribution is 2.10. The van der Waals surface area contributed by atoms with Crippen LogP contribution in [0.3, 0.4) is 0 Å². The highest BCUT2D eigenvalue weighted by Gasteiger charge is 2.13. The van der Waals surface area contributed by atoms with E-state index < -0.39 is 0 Å². The zero-order chi connectivity index (χ0) is 19.1. The summed E-state index contributed by atoms with van der Waals surface area (Å²) in [7, 11) is 1.93. The van der Waals surface area contributed by atoms with Gasteiger partial charge in [0.1, 0.15) is 5.69 Å². The maximum atomic E-state index is 12.5. The predicted molar refractivity (Wildman–Crippen MR) is 106 cm³/mol. The molecular formula is C21H23N5O. The van der Waals surface area contributed by atoms with E-state index in [1.165, 1.54) is 5.56 Å². The van der Waals surface area contributed by atoms with Gasteiger partial charge < -0.3 is 10.2 Å². The molecule has 0 aliphatic rings. The molecule has 1 amide bonds. The zero-order valence-corrected chi connectivity index (χ0v) is 15.6. The van der Waals surface area contributed by atoms with Crippen molar-refractivity contribution in [1.82, 2.24) is 20.3 Å². The molecule has 3 rings (SSSR count). The van der Waals surface area contributed by atoms with E-state index in [2.05, 4.69) is 20.3 Å². The van der Waals surface area contributed by atoms with E-state index in [-0.39, 0.29) is 5.91 Å². The average Bonchev–Trinajstić information content (AvgIpc) is 2.71. The molecule has 0 aliphatic heterocycles. The van der Waals surface area contributed by atoms with Crippen LogP contribution in [0.4, 0.5) is 5.95 Å². The summed E-state index contributed by atoms with van der Waals surface area (Å²) in [5.74, 6) is 0.349. The van der Waals surface area contributed by atoms with Crippen LogP contribution in [0, 0.1) is 6.92 Å². The van der Waals surface area contributed by atoms with Gasteiger partial charge in [-0.3, -0.25) is 9.78 Å². The van der Waals surface area contributed by atoms with Gasteiger partial charge in [-0.2, -0.15) is 0 Å². The van der Waals surface area contributed by atoms with E-state index in [1.807, 2.05) is 61.3 Å². The van der Waals surface area contributed by atoms with Crippen LogP contribution in [0.15, 0.2) is 60.9 Å². The van der Waals surface area contributed by atoms with E-state index in [0.717, 1.165) is 24.2 Å². The van der Waals surface area contributed by atoms with Crippen LogP contribution in [0.2, 0.25) is 0 Å². The number of likely N-dealkylation sites (N-methyl/N-ethyl adjacent to an activating group) is 1.